The van der Waals surface area contributed by atoms with E-state index < -0.39 is 54.7 Å². The maximum atomic E-state index is 12.3. The standard InChI is InChI=1S/C27H44O11/c1-15-13-26-10-5-17-24(2,8-4-9-25(17,3)22(33)34)18(26)6-11-27(15,14-26)37-23(38-35)36-21(32)20(31)19(30)16(29)7-12-28/h16-21,23,28-32,35H,1,4-14H2,2-3H3,(H,33,34). The number of hydrogen-bond acceptors (Lipinski definition) is 10. The van der Waals surface area contributed by atoms with Crippen molar-refractivity contribution in [3.63, 3.8) is 0 Å². The first-order valence-corrected chi connectivity index (χ1v) is 13.7. The lowest BCUT2D eigenvalue weighted by atomic mass is 9.41. The fourth-order valence-electron chi connectivity index (χ4n) is 8.92. The molecule has 0 saturated heterocycles. The number of fused-ring (bicyclic) bond motifs is 3. The van der Waals surface area contributed by atoms with Gasteiger partial charge in [-0.25, -0.2) is 5.26 Å². The van der Waals surface area contributed by atoms with Crippen LogP contribution in [-0.2, 0) is 19.2 Å². The smallest absolute Gasteiger partial charge is 0.309 e. The molecule has 218 valence electrons. The molecule has 4 saturated carbocycles. The van der Waals surface area contributed by atoms with Gasteiger partial charge in [0, 0.05) is 6.61 Å². The lowest BCUT2D eigenvalue weighted by Crippen LogP contribution is -2.59. The molecule has 0 aromatic rings. The van der Waals surface area contributed by atoms with E-state index in [1.165, 1.54) is 0 Å². The van der Waals surface area contributed by atoms with Gasteiger partial charge in [0.15, 0.2) is 6.29 Å². The molecule has 0 aromatic carbocycles. The Bertz CT molecular complexity index is 898. The van der Waals surface area contributed by atoms with E-state index in [1.807, 2.05) is 6.92 Å². The van der Waals surface area contributed by atoms with Crippen LogP contribution in [-0.4, -0.2) is 85.2 Å². The van der Waals surface area contributed by atoms with E-state index >= 15 is 0 Å². The molecule has 0 aromatic heterocycles. The topological polar surface area (TPSA) is 186 Å². The van der Waals surface area contributed by atoms with Crippen LogP contribution in [0.1, 0.15) is 78.1 Å². The van der Waals surface area contributed by atoms with Gasteiger partial charge in [0.1, 0.15) is 12.2 Å². The predicted octanol–water partition coefficient (Wildman–Crippen LogP) is 1.75. The van der Waals surface area contributed by atoms with Crippen molar-refractivity contribution in [1.29, 1.82) is 0 Å². The molecule has 0 radical (unpaired) electrons. The second-order valence-corrected chi connectivity index (χ2v) is 12.7. The van der Waals surface area contributed by atoms with Gasteiger partial charge < -0.3 is 35.4 Å². The van der Waals surface area contributed by atoms with Crippen molar-refractivity contribution in [3.05, 3.63) is 12.2 Å². The van der Waals surface area contributed by atoms with Crippen molar-refractivity contribution in [1.82, 2.24) is 0 Å². The highest BCUT2D eigenvalue weighted by molar-refractivity contribution is 5.75. The number of aliphatic hydroxyl groups is 5. The molecule has 4 rings (SSSR count). The highest BCUT2D eigenvalue weighted by atomic mass is 17.2. The summed E-state index contributed by atoms with van der Waals surface area (Å²) in [6, 6.07) is 0. The first-order chi connectivity index (χ1) is 17.8. The van der Waals surface area contributed by atoms with E-state index in [0.29, 0.717) is 25.7 Å². The van der Waals surface area contributed by atoms with Crippen molar-refractivity contribution in [2.45, 2.75) is 115 Å². The highest BCUT2D eigenvalue weighted by Gasteiger charge is 2.68. The lowest BCUT2D eigenvalue weighted by Gasteiger charge is -2.63. The molecule has 11 heteroatoms. The maximum Gasteiger partial charge on any atom is 0.309 e. The molecule has 2 bridgehead atoms. The van der Waals surface area contributed by atoms with Gasteiger partial charge in [-0.2, -0.15) is 4.89 Å². The summed E-state index contributed by atoms with van der Waals surface area (Å²) < 4.78 is 11.3. The quantitative estimate of drug-likeness (QED) is 0.0869. The molecule has 0 amide bonds. The van der Waals surface area contributed by atoms with E-state index in [-0.39, 0.29) is 29.1 Å². The first kappa shape index (κ1) is 29.8. The lowest BCUT2D eigenvalue weighted by molar-refractivity contribution is -0.465. The molecule has 4 aliphatic carbocycles. The molecule has 38 heavy (non-hydrogen) atoms. The van der Waals surface area contributed by atoms with E-state index in [4.69, 9.17) is 14.6 Å². The zero-order valence-corrected chi connectivity index (χ0v) is 22.3. The monoisotopic (exact) mass is 544 g/mol. The van der Waals surface area contributed by atoms with Gasteiger partial charge in [0.25, 0.3) is 0 Å². The molecular weight excluding hydrogens is 500 g/mol. The van der Waals surface area contributed by atoms with Crippen LogP contribution in [0.4, 0.5) is 0 Å². The summed E-state index contributed by atoms with van der Waals surface area (Å²) in [5.74, 6) is -0.350. The number of aliphatic carboxylic acids is 1. The summed E-state index contributed by atoms with van der Waals surface area (Å²) >= 11 is 0. The third-order valence-corrected chi connectivity index (χ3v) is 10.7. The van der Waals surface area contributed by atoms with E-state index in [1.54, 1.807) is 0 Å². The maximum absolute atomic E-state index is 12.3. The number of ether oxygens (including phenoxy) is 2. The minimum Gasteiger partial charge on any atom is -0.481 e. The molecule has 0 aliphatic heterocycles. The number of carboxylic acids is 1. The van der Waals surface area contributed by atoms with Crippen LogP contribution in [0, 0.1) is 28.1 Å². The van der Waals surface area contributed by atoms with Crippen molar-refractivity contribution < 1.29 is 55.1 Å². The number of carboxylic acid groups (broad SMARTS) is 1. The summed E-state index contributed by atoms with van der Waals surface area (Å²) in [5, 5.41) is 68.8. The van der Waals surface area contributed by atoms with Crippen LogP contribution in [0.15, 0.2) is 12.2 Å². The fraction of sp³-hybridized carbons (Fsp3) is 0.889. The second-order valence-electron chi connectivity index (χ2n) is 12.7. The third kappa shape index (κ3) is 4.73. The second kappa shape index (κ2) is 10.7. The number of rotatable bonds is 11. The van der Waals surface area contributed by atoms with Crippen molar-refractivity contribution in [2.24, 2.45) is 28.1 Å². The SMILES string of the molecule is C=C1CC23CCC4C(C)(C(=O)O)CCCC4(C)C2CCC1(OC(OO)OC(O)C(O)C(O)C(O)CCO)C3. The van der Waals surface area contributed by atoms with E-state index in [9.17, 15) is 35.6 Å². The van der Waals surface area contributed by atoms with Gasteiger partial charge in [-0.05, 0) is 93.0 Å². The molecule has 11 unspecified atom stereocenters. The molecule has 4 fully saturated rings. The highest BCUT2D eigenvalue weighted by Crippen LogP contribution is 2.73. The van der Waals surface area contributed by atoms with Crippen molar-refractivity contribution in [3.8, 4) is 0 Å². The molecule has 11 nitrogen and oxygen atoms in total. The van der Waals surface area contributed by atoms with Crippen LogP contribution in [0.25, 0.3) is 0 Å². The minimum atomic E-state index is -2.07. The molecule has 7 N–H and O–H groups in total. The summed E-state index contributed by atoms with van der Waals surface area (Å²) in [7, 11) is 0. The van der Waals surface area contributed by atoms with Gasteiger partial charge in [-0.15, -0.1) is 0 Å². The Kier molecular flexibility index (Phi) is 8.38. The summed E-state index contributed by atoms with van der Waals surface area (Å²) in [6.45, 7) is 6.21. The Hall–Kier alpha value is -1.15. The van der Waals surface area contributed by atoms with Gasteiger partial charge in [-0.1, -0.05) is 19.9 Å². The van der Waals surface area contributed by atoms with Gasteiger partial charge in [0.05, 0.1) is 17.1 Å². The van der Waals surface area contributed by atoms with E-state index in [0.717, 1.165) is 37.7 Å². The van der Waals surface area contributed by atoms with Crippen LogP contribution in [0.5, 0.6) is 0 Å². The number of aliphatic hydroxyl groups excluding tert-OH is 5. The van der Waals surface area contributed by atoms with Crippen molar-refractivity contribution in [2.75, 3.05) is 6.61 Å². The number of hydrogen-bond donors (Lipinski definition) is 7. The van der Waals surface area contributed by atoms with Crippen LogP contribution >= 0.6 is 0 Å². The summed E-state index contributed by atoms with van der Waals surface area (Å²) in [4.78, 5) is 16.7. The van der Waals surface area contributed by atoms with Gasteiger partial charge >= 0.3 is 12.4 Å². The predicted molar refractivity (Wildman–Crippen MR) is 132 cm³/mol. The average Bonchev–Trinajstić information content (AvgIpc) is 3.06. The molecular formula is C27H44O11. The minimum absolute atomic E-state index is 0.0836. The Labute approximate surface area is 223 Å². The Morgan fingerprint density at radius 1 is 1.05 bits per heavy atom. The Balaban J connectivity index is 1.49. The average molecular weight is 545 g/mol. The normalized spacial score (nSPS) is 42.5. The third-order valence-electron chi connectivity index (χ3n) is 10.7. The van der Waals surface area contributed by atoms with Gasteiger partial charge in [0.2, 0.25) is 0 Å². The van der Waals surface area contributed by atoms with E-state index in [2.05, 4.69) is 18.4 Å². The Morgan fingerprint density at radius 2 is 1.74 bits per heavy atom. The molecule has 11 atom stereocenters. The zero-order valence-electron chi connectivity index (χ0n) is 22.3. The Morgan fingerprint density at radius 3 is 2.37 bits per heavy atom. The fourth-order valence-corrected chi connectivity index (χ4v) is 8.92. The molecule has 0 heterocycles. The van der Waals surface area contributed by atoms with Crippen LogP contribution in [0.3, 0.4) is 0 Å². The van der Waals surface area contributed by atoms with Gasteiger partial charge in [-0.3, -0.25) is 9.53 Å². The first-order valence-electron chi connectivity index (χ1n) is 13.7. The molecule has 4 aliphatic rings. The van der Waals surface area contributed by atoms with Crippen LogP contribution in [0.2, 0.25) is 0 Å². The largest absolute Gasteiger partial charge is 0.481 e. The van der Waals surface area contributed by atoms with Crippen LogP contribution < -0.4 is 0 Å². The summed E-state index contributed by atoms with van der Waals surface area (Å²) in [5.41, 5.74) is -1.10. The summed E-state index contributed by atoms with van der Waals surface area (Å²) in [6.07, 6.45) is -0.801. The molecule has 1 spiro atoms. The zero-order chi connectivity index (χ0) is 28.1. The number of carbonyl (C=O) groups is 1. The van der Waals surface area contributed by atoms with Crippen molar-refractivity contribution >= 4 is 5.97 Å².